The molecule has 1 aromatic rings. The molecular weight excluding hydrogens is 242 g/mol. The summed E-state index contributed by atoms with van der Waals surface area (Å²) in [6.45, 7) is 9.05. The molecule has 0 saturated carbocycles. The number of hydrogen-bond donors (Lipinski definition) is 0. The van der Waals surface area contributed by atoms with Crippen LogP contribution in [0.5, 0.6) is 0 Å². The lowest BCUT2D eigenvalue weighted by Gasteiger charge is -2.22. The Morgan fingerprint density at radius 2 is 1.95 bits per heavy atom. The van der Waals surface area contributed by atoms with E-state index in [2.05, 4.69) is 6.58 Å². The Hall–Kier alpha value is -1.65. The lowest BCUT2D eigenvalue weighted by atomic mass is 9.98. The summed E-state index contributed by atoms with van der Waals surface area (Å²) in [5, 5.41) is 0. The highest BCUT2D eigenvalue weighted by Gasteiger charge is 2.56. The summed E-state index contributed by atoms with van der Waals surface area (Å²) < 4.78 is 11.4. The smallest absolute Gasteiger partial charge is 0.292 e. The molecule has 3 rings (SSSR count). The van der Waals surface area contributed by atoms with Crippen molar-refractivity contribution in [3.05, 3.63) is 41.5 Å². The largest absolute Gasteiger partial charge is 0.336 e. The van der Waals surface area contributed by atoms with E-state index in [4.69, 9.17) is 9.47 Å². The molecule has 4 nitrogen and oxygen atoms in total. The number of rotatable bonds is 2. The zero-order valence-corrected chi connectivity index (χ0v) is 11.2. The molecule has 1 aromatic carbocycles. The van der Waals surface area contributed by atoms with E-state index in [9.17, 15) is 4.79 Å². The zero-order chi connectivity index (χ0) is 13.6. The standard InChI is InChI=1S/C15H17NO3/c1-4-7-16-13-11(3)6-5-10(2)12(13)15(14(16)17)18-8-9-19-15/h4-6H,1,7-9H2,2-3H3. The maximum absolute atomic E-state index is 12.7. The van der Waals surface area contributed by atoms with Gasteiger partial charge in [0.2, 0.25) is 0 Å². The van der Waals surface area contributed by atoms with Gasteiger partial charge in [-0.15, -0.1) is 6.58 Å². The Morgan fingerprint density at radius 1 is 1.32 bits per heavy atom. The van der Waals surface area contributed by atoms with Gasteiger partial charge in [0, 0.05) is 12.1 Å². The van der Waals surface area contributed by atoms with Crippen LogP contribution in [0.3, 0.4) is 0 Å². The third-order valence-corrected chi connectivity index (χ3v) is 3.72. The topological polar surface area (TPSA) is 38.8 Å². The molecule has 0 radical (unpaired) electrons. The van der Waals surface area contributed by atoms with Crippen molar-refractivity contribution < 1.29 is 14.3 Å². The van der Waals surface area contributed by atoms with Crippen LogP contribution >= 0.6 is 0 Å². The summed E-state index contributed by atoms with van der Waals surface area (Å²) in [6.07, 6.45) is 1.72. The number of aryl methyl sites for hydroxylation is 2. The van der Waals surface area contributed by atoms with Crippen molar-refractivity contribution in [3.8, 4) is 0 Å². The van der Waals surface area contributed by atoms with E-state index < -0.39 is 5.79 Å². The molecule has 2 heterocycles. The molecule has 1 saturated heterocycles. The van der Waals surface area contributed by atoms with Gasteiger partial charge < -0.3 is 14.4 Å². The predicted octanol–water partition coefficient (Wildman–Crippen LogP) is 2.04. The van der Waals surface area contributed by atoms with Crippen molar-refractivity contribution in [3.63, 3.8) is 0 Å². The first-order valence-electron chi connectivity index (χ1n) is 6.43. The van der Waals surface area contributed by atoms with Gasteiger partial charge in [0.15, 0.2) is 0 Å². The molecule has 0 bridgehead atoms. The quantitative estimate of drug-likeness (QED) is 0.763. The molecule has 1 spiro atoms. The second-order valence-electron chi connectivity index (χ2n) is 4.94. The van der Waals surface area contributed by atoms with Crippen LogP contribution in [0.15, 0.2) is 24.8 Å². The predicted molar refractivity (Wildman–Crippen MR) is 72.0 cm³/mol. The number of amides is 1. The highest BCUT2D eigenvalue weighted by atomic mass is 16.7. The summed E-state index contributed by atoms with van der Waals surface area (Å²) >= 11 is 0. The number of carbonyl (C=O) groups is 1. The average molecular weight is 259 g/mol. The van der Waals surface area contributed by atoms with Crippen LogP contribution in [0.25, 0.3) is 0 Å². The number of fused-ring (bicyclic) bond motifs is 2. The van der Waals surface area contributed by atoms with E-state index in [0.717, 1.165) is 22.4 Å². The molecule has 2 aliphatic rings. The van der Waals surface area contributed by atoms with Gasteiger partial charge in [0.25, 0.3) is 11.7 Å². The maximum atomic E-state index is 12.7. The minimum atomic E-state index is -1.23. The van der Waals surface area contributed by atoms with Crippen LogP contribution in [0.4, 0.5) is 5.69 Å². The Morgan fingerprint density at radius 3 is 2.58 bits per heavy atom. The first-order valence-corrected chi connectivity index (χ1v) is 6.43. The summed E-state index contributed by atoms with van der Waals surface area (Å²) in [5.74, 6) is -1.37. The van der Waals surface area contributed by atoms with Crippen LogP contribution < -0.4 is 4.90 Å². The average Bonchev–Trinajstić information content (AvgIpc) is 2.96. The molecule has 0 atom stereocenters. The Kier molecular flexibility index (Phi) is 2.73. The summed E-state index contributed by atoms with van der Waals surface area (Å²) in [7, 11) is 0. The van der Waals surface area contributed by atoms with Gasteiger partial charge in [0.05, 0.1) is 18.9 Å². The van der Waals surface area contributed by atoms with E-state index in [1.807, 2.05) is 26.0 Å². The molecular formula is C15H17NO3. The minimum Gasteiger partial charge on any atom is -0.336 e. The molecule has 0 aliphatic carbocycles. The summed E-state index contributed by atoms with van der Waals surface area (Å²) in [6, 6.07) is 4.02. The Balaban J connectivity index is 2.27. The number of anilines is 1. The van der Waals surface area contributed by atoms with E-state index >= 15 is 0 Å². The number of nitrogens with zero attached hydrogens (tertiary/aromatic N) is 1. The molecule has 100 valence electrons. The zero-order valence-electron chi connectivity index (χ0n) is 11.2. The molecule has 1 amide bonds. The number of ether oxygens (including phenoxy) is 2. The lowest BCUT2D eigenvalue weighted by Crippen LogP contribution is -2.41. The highest BCUT2D eigenvalue weighted by Crippen LogP contribution is 2.48. The van der Waals surface area contributed by atoms with E-state index in [0.29, 0.717) is 19.8 Å². The monoisotopic (exact) mass is 259 g/mol. The first-order chi connectivity index (χ1) is 9.12. The van der Waals surface area contributed by atoms with Crippen molar-refractivity contribution >= 4 is 11.6 Å². The third-order valence-electron chi connectivity index (χ3n) is 3.72. The highest BCUT2D eigenvalue weighted by molar-refractivity contribution is 6.07. The SMILES string of the molecule is C=CCN1C(=O)C2(OCCO2)c2c(C)ccc(C)c21. The second kappa shape index (κ2) is 4.18. The van der Waals surface area contributed by atoms with Crippen LogP contribution in [0.1, 0.15) is 16.7 Å². The van der Waals surface area contributed by atoms with Gasteiger partial charge in [-0.25, -0.2) is 0 Å². The normalized spacial score (nSPS) is 20.1. The molecule has 1 fully saturated rings. The van der Waals surface area contributed by atoms with Crippen molar-refractivity contribution in [2.24, 2.45) is 0 Å². The van der Waals surface area contributed by atoms with E-state index in [-0.39, 0.29) is 5.91 Å². The molecule has 0 unspecified atom stereocenters. The van der Waals surface area contributed by atoms with Gasteiger partial charge in [-0.2, -0.15) is 0 Å². The molecule has 4 heteroatoms. The first kappa shape index (κ1) is 12.4. The van der Waals surface area contributed by atoms with Crippen molar-refractivity contribution in [2.45, 2.75) is 19.6 Å². The van der Waals surface area contributed by atoms with Crippen LogP contribution in [0, 0.1) is 13.8 Å². The van der Waals surface area contributed by atoms with Gasteiger partial charge in [-0.1, -0.05) is 18.2 Å². The second-order valence-corrected chi connectivity index (χ2v) is 4.94. The molecule has 19 heavy (non-hydrogen) atoms. The maximum Gasteiger partial charge on any atom is 0.292 e. The fourth-order valence-corrected chi connectivity index (χ4v) is 2.93. The minimum absolute atomic E-state index is 0.141. The van der Waals surface area contributed by atoms with Crippen LogP contribution in [0.2, 0.25) is 0 Å². The number of carbonyl (C=O) groups excluding carboxylic acids is 1. The van der Waals surface area contributed by atoms with Gasteiger partial charge >= 0.3 is 0 Å². The van der Waals surface area contributed by atoms with E-state index in [1.165, 1.54) is 0 Å². The van der Waals surface area contributed by atoms with Gasteiger partial charge in [-0.3, -0.25) is 4.79 Å². The Bertz CT molecular complexity index is 559. The van der Waals surface area contributed by atoms with Crippen LogP contribution in [-0.2, 0) is 20.1 Å². The number of hydrogen-bond acceptors (Lipinski definition) is 3. The number of benzene rings is 1. The van der Waals surface area contributed by atoms with E-state index in [1.54, 1.807) is 11.0 Å². The van der Waals surface area contributed by atoms with Crippen molar-refractivity contribution in [1.82, 2.24) is 0 Å². The third kappa shape index (κ3) is 1.50. The van der Waals surface area contributed by atoms with Crippen molar-refractivity contribution in [1.29, 1.82) is 0 Å². The van der Waals surface area contributed by atoms with Crippen LogP contribution in [-0.4, -0.2) is 25.7 Å². The fraction of sp³-hybridized carbons (Fsp3) is 0.400. The summed E-state index contributed by atoms with van der Waals surface area (Å²) in [5.41, 5.74) is 3.83. The summed E-state index contributed by atoms with van der Waals surface area (Å²) in [4.78, 5) is 14.4. The fourth-order valence-electron chi connectivity index (χ4n) is 2.93. The lowest BCUT2D eigenvalue weighted by molar-refractivity contribution is -0.180. The van der Waals surface area contributed by atoms with Gasteiger partial charge in [0.1, 0.15) is 0 Å². The molecule has 0 aromatic heterocycles. The van der Waals surface area contributed by atoms with Gasteiger partial charge in [-0.05, 0) is 25.0 Å². The molecule has 0 N–H and O–H groups in total. The van der Waals surface area contributed by atoms with Crippen molar-refractivity contribution in [2.75, 3.05) is 24.7 Å². The molecule has 2 aliphatic heterocycles. The Labute approximate surface area is 112 Å².